The molecule has 0 aliphatic carbocycles. The van der Waals surface area contributed by atoms with Gasteiger partial charge in [-0.25, -0.2) is 4.98 Å². The van der Waals surface area contributed by atoms with Crippen LogP contribution in [0.5, 0.6) is 5.75 Å². The number of thiazole rings is 1. The van der Waals surface area contributed by atoms with E-state index in [-0.39, 0.29) is 11.7 Å². The van der Waals surface area contributed by atoms with Gasteiger partial charge in [0.15, 0.2) is 6.29 Å². The summed E-state index contributed by atoms with van der Waals surface area (Å²) in [4.78, 5) is 17.3. The fraction of sp³-hybridized carbons (Fsp3) is 0.400. The van der Waals surface area contributed by atoms with Gasteiger partial charge in [-0.15, -0.1) is 11.3 Å². The van der Waals surface area contributed by atoms with Crippen molar-refractivity contribution in [2.45, 2.75) is 45.5 Å². The maximum Gasteiger partial charge on any atom is 0.202 e. The normalized spacial score (nSPS) is 16.3. The van der Waals surface area contributed by atoms with Gasteiger partial charge in [0.25, 0.3) is 0 Å². The van der Waals surface area contributed by atoms with Crippen LogP contribution in [-0.4, -0.2) is 17.8 Å². The first-order valence-corrected chi connectivity index (χ1v) is 10.0. The second kappa shape index (κ2) is 7.80. The van der Waals surface area contributed by atoms with E-state index in [1.165, 1.54) is 17.6 Å². The van der Waals surface area contributed by atoms with E-state index >= 15 is 0 Å². The Morgan fingerprint density at radius 3 is 2.96 bits per heavy atom. The Bertz CT molecular complexity index is 1010. The molecule has 2 aromatic heterocycles. The summed E-state index contributed by atoms with van der Waals surface area (Å²) in [6, 6.07) is 3.60. The van der Waals surface area contributed by atoms with Crippen molar-refractivity contribution in [2.75, 3.05) is 6.54 Å². The summed E-state index contributed by atoms with van der Waals surface area (Å²) in [5, 5.41) is 3.11. The molecule has 0 spiro atoms. The van der Waals surface area contributed by atoms with Crippen LogP contribution in [0.4, 0.5) is 0 Å². The Balaban J connectivity index is 1.60. The number of ether oxygens (including phenoxy) is 2. The fourth-order valence-electron chi connectivity index (χ4n) is 3.18. The van der Waals surface area contributed by atoms with Crippen LogP contribution in [0.25, 0.3) is 21.5 Å². The zero-order valence-corrected chi connectivity index (χ0v) is 16.0. The Morgan fingerprint density at radius 1 is 1.30 bits per heavy atom. The average molecular weight is 386 g/mol. The summed E-state index contributed by atoms with van der Waals surface area (Å²) in [6.07, 6.45) is 5.13. The molecule has 4 rings (SSSR count). The van der Waals surface area contributed by atoms with Gasteiger partial charge in [-0.2, -0.15) is 0 Å². The monoisotopic (exact) mass is 386 g/mol. The van der Waals surface area contributed by atoms with E-state index in [9.17, 15) is 4.79 Å². The molecule has 0 saturated heterocycles. The third-order valence-electron chi connectivity index (χ3n) is 4.63. The molecule has 1 atom stereocenters. The van der Waals surface area contributed by atoms with Gasteiger partial charge >= 0.3 is 0 Å². The molecule has 1 aromatic carbocycles. The predicted molar refractivity (Wildman–Crippen MR) is 105 cm³/mol. The van der Waals surface area contributed by atoms with Crippen molar-refractivity contribution in [3.05, 3.63) is 45.3 Å². The molecular formula is C20H22N2O4S. The molecule has 142 valence electrons. The Morgan fingerprint density at radius 2 is 2.19 bits per heavy atom. The zero-order chi connectivity index (χ0) is 18.8. The number of aryl methyl sites for hydroxylation is 1. The number of benzene rings is 1. The van der Waals surface area contributed by atoms with Crippen LogP contribution in [0.2, 0.25) is 0 Å². The first kappa shape index (κ1) is 18.2. The van der Waals surface area contributed by atoms with Gasteiger partial charge in [0.05, 0.1) is 17.6 Å². The fourth-order valence-corrected chi connectivity index (χ4v) is 3.98. The standard InChI is InChI=1S/C20H22N2O4S/c1-12-11-27-20(22-12)15-10-24-17-8-16-13(7-14(17)19(15)23)9-25-18(26-16)5-3-2-4-6-21/h7-8,10-11,18H,2-6,9,21H2,1H3. The molecule has 6 nitrogen and oxygen atoms in total. The smallest absolute Gasteiger partial charge is 0.202 e. The molecule has 0 fully saturated rings. The molecule has 2 N–H and O–H groups in total. The summed E-state index contributed by atoms with van der Waals surface area (Å²) >= 11 is 1.44. The first-order chi connectivity index (χ1) is 13.2. The van der Waals surface area contributed by atoms with Crippen molar-refractivity contribution >= 4 is 22.3 Å². The molecule has 1 aliphatic heterocycles. The van der Waals surface area contributed by atoms with Gasteiger partial charge in [-0.3, -0.25) is 4.79 Å². The van der Waals surface area contributed by atoms with Gasteiger partial charge in [0, 0.05) is 29.1 Å². The van der Waals surface area contributed by atoms with E-state index in [1.807, 2.05) is 18.4 Å². The van der Waals surface area contributed by atoms with Crippen LogP contribution >= 0.6 is 11.3 Å². The minimum Gasteiger partial charge on any atom is -0.464 e. The summed E-state index contributed by atoms with van der Waals surface area (Å²) < 4.78 is 17.5. The van der Waals surface area contributed by atoms with Crippen molar-refractivity contribution in [2.24, 2.45) is 5.73 Å². The largest absolute Gasteiger partial charge is 0.464 e. The SMILES string of the molecule is Cc1csc(-c2coc3cc4c(cc3c2=O)COC(CCCCCN)O4)n1. The van der Waals surface area contributed by atoms with Gasteiger partial charge in [-0.1, -0.05) is 6.42 Å². The number of rotatable bonds is 6. The highest BCUT2D eigenvalue weighted by atomic mass is 32.1. The van der Waals surface area contributed by atoms with Gasteiger partial charge in [0.2, 0.25) is 5.43 Å². The van der Waals surface area contributed by atoms with Crippen LogP contribution in [-0.2, 0) is 11.3 Å². The number of hydrogen-bond donors (Lipinski definition) is 1. The molecule has 0 saturated carbocycles. The number of unbranched alkanes of at least 4 members (excludes halogenated alkanes) is 2. The average Bonchev–Trinajstić information content (AvgIpc) is 3.10. The second-order valence-corrected chi connectivity index (χ2v) is 7.58. The topological polar surface area (TPSA) is 87.6 Å². The highest BCUT2D eigenvalue weighted by Gasteiger charge is 2.22. The van der Waals surface area contributed by atoms with Crippen LogP contribution in [0, 0.1) is 6.92 Å². The van der Waals surface area contributed by atoms with E-state index < -0.39 is 0 Å². The molecule has 1 aliphatic rings. The molecule has 7 heteroatoms. The number of fused-ring (bicyclic) bond motifs is 2. The Labute approximate surface area is 160 Å². The van der Waals surface area contributed by atoms with E-state index in [1.54, 1.807) is 6.07 Å². The minimum absolute atomic E-state index is 0.0858. The van der Waals surface area contributed by atoms with Crippen molar-refractivity contribution in [3.63, 3.8) is 0 Å². The van der Waals surface area contributed by atoms with Gasteiger partial charge < -0.3 is 19.6 Å². The molecule has 27 heavy (non-hydrogen) atoms. The minimum atomic E-state index is -0.267. The quantitative estimate of drug-likeness (QED) is 0.645. The molecule has 0 bridgehead atoms. The number of nitrogens with two attached hydrogens (primary N) is 1. The number of hydrogen-bond acceptors (Lipinski definition) is 7. The molecule has 0 radical (unpaired) electrons. The molecular weight excluding hydrogens is 364 g/mol. The summed E-state index contributed by atoms with van der Waals surface area (Å²) in [5.74, 6) is 0.721. The lowest BCUT2D eigenvalue weighted by Crippen LogP contribution is -2.25. The lowest BCUT2D eigenvalue weighted by Gasteiger charge is -2.26. The molecule has 1 unspecified atom stereocenters. The van der Waals surface area contributed by atoms with Crippen molar-refractivity contribution in [1.82, 2.24) is 4.98 Å². The van der Waals surface area contributed by atoms with Crippen molar-refractivity contribution in [1.29, 1.82) is 0 Å². The lowest BCUT2D eigenvalue weighted by atomic mass is 10.1. The van der Waals surface area contributed by atoms with E-state index in [4.69, 9.17) is 19.6 Å². The molecule has 3 aromatic rings. The van der Waals surface area contributed by atoms with Crippen LogP contribution in [0.15, 0.2) is 33.0 Å². The lowest BCUT2D eigenvalue weighted by molar-refractivity contribution is -0.112. The van der Waals surface area contributed by atoms with Gasteiger partial charge in [0.1, 0.15) is 22.6 Å². The van der Waals surface area contributed by atoms with E-state index in [2.05, 4.69) is 4.98 Å². The van der Waals surface area contributed by atoms with Crippen molar-refractivity contribution < 1.29 is 13.9 Å². The summed E-state index contributed by atoms with van der Waals surface area (Å²) in [5.41, 5.74) is 8.18. The van der Waals surface area contributed by atoms with E-state index in [0.717, 1.165) is 42.7 Å². The van der Waals surface area contributed by atoms with Crippen LogP contribution in [0.1, 0.15) is 36.9 Å². The third kappa shape index (κ3) is 3.76. The third-order valence-corrected chi connectivity index (χ3v) is 5.63. The highest BCUT2D eigenvalue weighted by molar-refractivity contribution is 7.13. The summed E-state index contributed by atoms with van der Waals surface area (Å²) in [6.45, 7) is 3.04. The highest BCUT2D eigenvalue weighted by Crippen LogP contribution is 2.32. The Hall–Kier alpha value is -2.22. The zero-order valence-electron chi connectivity index (χ0n) is 15.2. The molecule has 3 heterocycles. The maximum absolute atomic E-state index is 12.9. The van der Waals surface area contributed by atoms with Crippen LogP contribution < -0.4 is 15.9 Å². The van der Waals surface area contributed by atoms with Gasteiger partial charge in [-0.05, 0) is 32.4 Å². The number of nitrogens with zero attached hydrogens (tertiary/aromatic N) is 1. The van der Waals surface area contributed by atoms with E-state index in [0.29, 0.717) is 34.7 Å². The van der Waals surface area contributed by atoms with Crippen molar-refractivity contribution in [3.8, 4) is 16.3 Å². The maximum atomic E-state index is 12.9. The first-order valence-electron chi connectivity index (χ1n) is 9.15. The summed E-state index contributed by atoms with van der Waals surface area (Å²) in [7, 11) is 0. The Kier molecular flexibility index (Phi) is 5.24. The molecule has 0 amide bonds. The van der Waals surface area contributed by atoms with Crippen LogP contribution in [0.3, 0.4) is 0 Å². The number of aromatic nitrogens is 1. The second-order valence-electron chi connectivity index (χ2n) is 6.73. The predicted octanol–water partition coefficient (Wildman–Crippen LogP) is 3.98.